The van der Waals surface area contributed by atoms with E-state index in [2.05, 4.69) is 15.3 Å². The van der Waals surface area contributed by atoms with Gasteiger partial charge in [-0.15, -0.1) is 11.8 Å². The van der Waals surface area contributed by atoms with Gasteiger partial charge >= 0.3 is 0 Å². The van der Waals surface area contributed by atoms with E-state index in [0.717, 1.165) is 34.0 Å². The highest BCUT2D eigenvalue weighted by Gasteiger charge is 2.09. The minimum absolute atomic E-state index is 0.000688. The van der Waals surface area contributed by atoms with E-state index < -0.39 is 0 Å². The van der Waals surface area contributed by atoms with Crippen molar-refractivity contribution in [2.45, 2.75) is 26.5 Å². The third-order valence-electron chi connectivity index (χ3n) is 3.01. The van der Waals surface area contributed by atoms with Crippen LogP contribution in [0.25, 0.3) is 0 Å². The smallest absolute Gasteiger partial charge is 0.234 e. The molecule has 0 aliphatic rings. The Bertz CT molecular complexity index is 606. The first-order valence-electron chi connectivity index (χ1n) is 6.77. The van der Waals surface area contributed by atoms with Crippen LogP contribution in [0.15, 0.2) is 30.6 Å². The molecule has 0 atom stereocenters. The minimum Gasteiger partial charge on any atom is -0.324 e. The van der Waals surface area contributed by atoms with Gasteiger partial charge in [-0.2, -0.15) is 0 Å². The van der Waals surface area contributed by atoms with Crippen LogP contribution >= 0.6 is 11.8 Å². The molecule has 110 valence electrons. The van der Waals surface area contributed by atoms with Gasteiger partial charge in [-0.05, 0) is 44.0 Å². The van der Waals surface area contributed by atoms with Crippen LogP contribution in [0, 0.1) is 20.8 Å². The van der Waals surface area contributed by atoms with Gasteiger partial charge in [-0.25, -0.2) is 0 Å². The molecule has 2 aromatic rings. The molecule has 2 heterocycles. The van der Waals surface area contributed by atoms with E-state index in [-0.39, 0.29) is 5.91 Å². The van der Waals surface area contributed by atoms with E-state index in [1.54, 1.807) is 18.0 Å². The van der Waals surface area contributed by atoms with Crippen LogP contribution in [0.5, 0.6) is 0 Å². The van der Waals surface area contributed by atoms with Crippen LogP contribution < -0.4 is 5.32 Å². The summed E-state index contributed by atoms with van der Waals surface area (Å²) in [6.45, 7) is 5.85. The van der Waals surface area contributed by atoms with E-state index in [1.807, 2.05) is 45.2 Å². The molecule has 0 saturated heterocycles. The van der Waals surface area contributed by atoms with Gasteiger partial charge in [0.05, 0.1) is 17.1 Å². The highest BCUT2D eigenvalue weighted by molar-refractivity contribution is 7.99. The lowest BCUT2D eigenvalue weighted by Gasteiger charge is -2.11. The normalized spacial score (nSPS) is 10.4. The number of hydrogen-bond donors (Lipinski definition) is 1. The topological polar surface area (TPSA) is 54.9 Å². The number of thioether (sulfide) groups is 1. The Morgan fingerprint density at radius 3 is 2.81 bits per heavy atom. The van der Waals surface area contributed by atoms with Crippen molar-refractivity contribution in [3.63, 3.8) is 0 Å². The number of rotatable bonds is 5. The number of hydrogen-bond acceptors (Lipinski definition) is 4. The van der Waals surface area contributed by atoms with Gasteiger partial charge in [-0.1, -0.05) is 6.07 Å². The summed E-state index contributed by atoms with van der Waals surface area (Å²) >= 11 is 1.58. The predicted molar refractivity (Wildman–Crippen MR) is 87.5 cm³/mol. The third-order valence-corrected chi connectivity index (χ3v) is 4.02. The van der Waals surface area contributed by atoms with Gasteiger partial charge < -0.3 is 5.32 Å². The SMILES string of the molecule is Cc1cc(C)c(NC(=O)CSCc2cccnc2)c(C)n1. The van der Waals surface area contributed by atoms with E-state index in [0.29, 0.717) is 5.75 Å². The fourth-order valence-electron chi connectivity index (χ4n) is 2.13. The number of aryl methyl sites for hydroxylation is 3. The Labute approximate surface area is 129 Å². The molecule has 0 fully saturated rings. The molecule has 2 rings (SSSR count). The largest absolute Gasteiger partial charge is 0.324 e. The average Bonchev–Trinajstić information content (AvgIpc) is 2.44. The molecule has 0 aromatic carbocycles. The number of amides is 1. The van der Waals surface area contributed by atoms with Gasteiger partial charge in [0.2, 0.25) is 5.91 Å². The van der Waals surface area contributed by atoms with Crippen molar-refractivity contribution in [1.29, 1.82) is 0 Å². The van der Waals surface area contributed by atoms with Crippen LogP contribution in [0.3, 0.4) is 0 Å². The monoisotopic (exact) mass is 301 g/mol. The molecule has 0 saturated carbocycles. The summed E-state index contributed by atoms with van der Waals surface area (Å²) in [5.74, 6) is 1.20. The summed E-state index contributed by atoms with van der Waals surface area (Å²) in [6, 6.07) is 5.89. The van der Waals surface area contributed by atoms with Crippen LogP contribution in [0.1, 0.15) is 22.5 Å². The molecular formula is C16H19N3OS. The average molecular weight is 301 g/mol. The second kappa shape index (κ2) is 7.22. The van der Waals surface area contributed by atoms with Crippen molar-refractivity contribution in [3.8, 4) is 0 Å². The summed E-state index contributed by atoms with van der Waals surface area (Å²) in [4.78, 5) is 20.5. The fourth-order valence-corrected chi connectivity index (χ4v) is 2.90. The van der Waals surface area contributed by atoms with Crippen molar-refractivity contribution in [2.75, 3.05) is 11.1 Å². The molecule has 1 N–H and O–H groups in total. The number of carbonyl (C=O) groups excluding carboxylic acids is 1. The second-order valence-corrected chi connectivity index (χ2v) is 5.93. The maximum atomic E-state index is 12.0. The lowest BCUT2D eigenvalue weighted by Crippen LogP contribution is -2.16. The first kappa shape index (κ1) is 15.5. The van der Waals surface area contributed by atoms with Crippen molar-refractivity contribution < 1.29 is 4.79 Å². The number of pyridine rings is 2. The van der Waals surface area contributed by atoms with Gasteiger partial charge in [0.1, 0.15) is 0 Å². The van der Waals surface area contributed by atoms with Crippen LogP contribution in [0.2, 0.25) is 0 Å². The quantitative estimate of drug-likeness (QED) is 0.921. The van der Waals surface area contributed by atoms with Crippen molar-refractivity contribution in [1.82, 2.24) is 9.97 Å². The molecule has 0 bridgehead atoms. The van der Waals surface area contributed by atoms with Crippen LogP contribution in [-0.2, 0) is 10.5 Å². The molecule has 1 amide bonds. The van der Waals surface area contributed by atoms with Crippen LogP contribution in [0.4, 0.5) is 5.69 Å². The molecule has 0 aliphatic carbocycles. The van der Waals surface area contributed by atoms with E-state index in [9.17, 15) is 4.79 Å². The van der Waals surface area contributed by atoms with Gasteiger partial charge in [0, 0.05) is 23.8 Å². The lowest BCUT2D eigenvalue weighted by atomic mass is 10.1. The van der Waals surface area contributed by atoms with Gasteiger partial charge in [0.25, 0.3) is 0 Å². The molecular weight excluding hydrogens is 282 g/mol. The number of nitrogens with zero attached hydrogens (tertiary/aromatic N) is 2. The molecule has 4 nitrogen and oxygen atoms in total. The number of anilines is 1. The summed E-state index contributed by atoms with van der Waals surface area (Å²) in [7, 11) is 0. The minimum atomic E-state index is 0.000688. The highest BCUT2D eigenvalue weighted by atomic mass is 32.2. The Morgan fingerprint density at radius 2 is 2.14 bits per heavy atom. The summed E-state index contributed by atoms with van der Waals surface area (Å²) in [6.07, 6.45) is 3.57. The van der Waals surface area contributed by atoms with Crippen molar-refractivity contribution >= 4 is 23.4 Å². The lowest BCUT2D eigenvalue weighted by molar-refractivity contribution is -0.113. The first-order chi connectivity index (χ1) is 10.1. The predicted octanol–water partition coefficient (Wildman–Crippen LogP) is 3.27. The molecule has 5 heteroatoms. The Balaban J connectivity index is 1.88. The van der Waals surface area contributed by atoms with E-state index >= 15 is 0 Å². The van der Waals surface area contributed by atoms with Crippen molar-refractivity contribution in [3.05, 3.63) is 53.1 Å². The Kier molecular flexibility index (Phi) is 5.33. The van der Waals surface area contributed by atoms with Crippen molar-refractivity contribution in [2.24, 2.45) is 0 Å². The molecule has 0 radical (unpaired) electrons. The first-order valence-corrected chi connectivity index (χ1v) is 7.93. The van der Waals surface area contributed by atoms with Gasteiger partial charge in [-0.3, -0.25) is 14.8 Å². The maximum Gasteiger partial charge on any atom is 0.234 e. The second-order valence-electron chi connectivity index (χ2n) is 4.94. The standard InChI is InChI=1S/C16H19N3OS/c1-11-7-12(2)18-13(3)16(11)19-15(20)10-21-9-14-5-4-6-17-8-14/h4-8H,9-10H2,1-3H3,(H,19,20). The molecule has 21 heavy (non-hydrogen) atoms. The zero-order valence-electron chi connectivity index (χ0n) is 12.5. The summed E-state index contributed by atoms with van der Waals surface area (Å²) < 4.78 is 0. The summed E-state index contributed by atoms with van der Waals surface area (Å²) in [5.41, 5.74) is 4.82. The number of nitrogens with one attached hydrogen (secondary N) is 1. The fraction of sp³-hybridized carbons (Fsp3) is 0.312. The molecule has 0 unspecified atom stereocenters. The van der Waals surface area contributed by atoms with Crippen LogP contribution in [-0.4, -0.2) is 21.6 Å². The highest BCUT2D eigenvalue weighted by Crippen LogP contribution is 2.20. The van der Waals surface area contributed by atoms with E-state index in [1.165, 1.54) is 0 Å². The number of aromatic nitrogens is 2. The molecule has 0 aliphatic heterocycles. The Hall–Kier alpha value is -1.88. The maximum absolute atomic E-state index is 12.0. The van der Waals surface area contributed by atoms with Gasteiger partial charge in [0.15, 0.2) is 0 Å². The zero-order valence-corrected chi connectivity index (χ0v) is 13.3. The zero-order chi connectivity index (χ0) is 15.2. The molecule has 0 spiro atoms. The molecule has 2 aromatic heterocycles. The summed E-state index contributed by atoms with van der Waals surface area (Å²) in [5, 5.41) is 2.95. The third kappa shape index (κ3) is 4.56. The number of carbonyl (C=O) groups is 1. The Morgan fingerprint density at radius 1 is 1.33 bits per heavy atom. The van der Waals surface area contributed by atoms with E-state index in [4.69, 9.17) is 0 Å².